The van der Waals surface area contributed by atoms with Crippen molar-refractivity contribution < 1.29 is 13.9 Å². The van der Waals surface area contributed by atoms with Crippen molar-refractivity contribution in [2.24, 2.45) is 5.92 Å². The third kappa shape index (κ3) is 2.71. The fourth-order valence-corrected chi connectivity index (χ4v) is 4.24. The second-order valence-corrected chi connectivity index (χ2v) is 7.04. The molecule has 1 amide bonds. The zero-order chi connectivity index (χ0) is 18.1. The van der Waals surface area contributed by atoms with Crippen LogP contribution in [0.15, 0.2) is 28.7 Å². The average Bonchev–Trinajstić information content (AvgIpc) is 3.33. The smallest absolute Gasteiger partial charge is 0.260 e. The number of hydrogen-bond donors (Lipinski definition) is 0. The van der Waals surface area contributed by atoms with E-state index in [1.54, 1.807) is 31.2 Å². The minimum Gasteiger partial charge on any atom is -0.482 e. The lowest BCUT2D eigenvalue weighted by Gasteiger charge is -2.24. The molecule has 1 saturated carbocycles. The lowest BCUT2D eigenvalue weighted by Crippen LogP contribution is -2.37. The van der Waals surface area contributed by atoms with Crippen LogP contribution in [0, 0.1) is 24.2 Å². The maximum absolute atomic E-state index is 12.7. The molecule has 4 rings (SSSR count). The van der Waals surface area contributed by atoms with Crippen LogP contribution >= 0.6 is 0 Å². The van der Waals surface area contributed by atoms with Crippen molar-refractivity contribution in [3.8, 4) is 11.8 Å². The molecule has 0 unspecified atom stereocenters. The lowest BCUT2D eigenvalue weighted by molar-refractivity contribution is -0.132. The molecule has 0 spiro atoms. The van der Waals surface area contributed by atoms with Crippen LogP contribution in [0.2, 0.25) is 0 Å². The molecule has 26 heavy (non-hydrogen) atoms. The molecule has 2 heterocycles. The Morgan fingerprint density at radius 2 is 2.31 bits per heavy atom. The molecule has 7 nitrogen and oxygen atoms in total. The summed E-state index contributed by atoms with van der Waals surface area (Å²) in [4.78, 5) is 14.5. The number of para-hydroxylation sites is 1. The molecule has 1 aliphatic heterocycles. The Morgan fingerprint density at radius 3 is 3.08 bits per heavy atom. The first-order chi connectivity index (χ1) is 12.6. The summed E-state index contributed by atoms with van der Waals surface area (Å²) in [6.45, 7) is 2.98. The summed E-state index contributed by atoms with van der Waals surface area (Å²) in [6.07, 6.45) is 3.13. The van der Waals surface area contributed by atoms with Gasteiger partial charge in [-0.2, -0.15) is 5.26 Å². The molecule has 134 valence electrons. The van der Waals surface area contributed by atoms with Gasteiger partial charge in [0.1, 0.15) is 11.8 Å². The second kappa shape index (κ2) is 6.45. The highest BCUT2D eigenvalue weighted by atomic mass is 16.5. The largest absolute Gasteiger partial charge is 0.482 e. The van der Waals surface area contributed by atoms with Crippen molar-refractivity contribution >= 4 is 5.91 Å². The van der Waals surface area contributed by atoms with Crippen LogP contribution in [0.3, 0.4) is 0 Å². The van der Waals surface area contributed by atoms with E-state index < -0.39 is 0 Å². The van der Waals surface area contributed by atoms with E-state index in [0.717, 1.165) is 19.3 Å². The molecular formula is C19H20N4O3. The molecule has 1 saturated heterocycles. The maximum Gasteiger partial charge on any atom is 0.260 e. The van der Waals surface area contributed by atoms with Crippen LogP contribution in [0.1, 0.15) is 36.6 Å². The summed E-state index contributed by atoms with van der Waals surface area (Å²) >= 11 is 0. The SMILES string of the molecule is Cc1nnc([C@]23CCC[C@H]2CN(C(=O)COc2ccccc2C#N)C3)o1. The molecule has 2 aromatic rings. The van der Waals surface area contributed by atoms with Gasteiger partial charge in [0, 0.05) is 20.0 Å². The monoisotopic (exact) mass is 352 g/mol. The third-order valence-electron chi connectivity index (χ3n) is 5.53. The predicted molar refractivity (Wildman–Crippen MR) is 91.3 cm³/mol. The molecular weight excluding hydrogens is 332 g/mol. The van der Waals surface area contributed by atoms with E-state index in [2.05, 4.69) is 16.3 Å². The molecule has 7 heteroatoms. The Labute approximate surface area is 151 Å². The molecule has 2 fully saturated rings. The molecule has 0 N–H and O–H groups in total. The van der Waals surface area contributed by atoms with Crippen molar-refractivity contribution in [2.75, 3.05) is 19.7 Å². The van der Waals surface area contributed by atoms with Gasteiger partial charge >= 0.3 is 0 Å². The van der Waals surface area contributed by atoms with Gasteiger partial charge < -0.3 is 14.1 Å². The molecule has 2 atom stereocenters. The Morgan fingerprint density at radius 1 is 1.46 bits per heavy atom. The van der Waals surface area contributed by atoms with Gasteiger partial charge in [-0.15, -0.1) is 10.2 Å². The minimum atomic E-state index is -0.221. The Bertz CT molecular complexity index is 872. The van der Waals surface area contributed by atoms with E-state index in [9.17, 15) is 4.79 Å². The van der Waals surface area contributed by atoms with Gasteiger partial charge in [0.2, 0.25) is 11.8 Å². The van der Waals surface area contributed by atoms with E-state index in [-0.39, 0.29) is 17.9 Å². The molecule has 1 aliphatic carbocycles. The van der Waals surface area contributed by atoms with Crippen LogP contribution in [-0.2, 0) is 10.2 Å². The second-order valence-electron chi connectivity index (χ2n) is 7.04. The predicted octanol–water partition coefficient (Wildman–Crippen LogP) is 2.21. The number of nitriles is 1. The molecule has 0 radical (unpaired) electrons. The van der Waals surface area contributed by atoms with Crippen molar-refractivity contribution in [3.63, 3.8) is 0 Å². The summed E-state index contributed by atoms with van der Waals surface area (Å²) in [5.41, 5.74) is 0.206. The number of aromatic nitrogens is 2. The fraction of sp³-hybridized carbons (Fsp3) is 0.474. The van der Waals surface area contributed by atoms with E-state index in [0.29, 0.717) is 42.1 Å². The van der Waals surface area contributed by atoms with Crippen molar-refractivity contribution in [1.82, 2.24) is 15.1 Å². The van der Waals surface area contributed by atoms with Crippen LogP contribution < -0.4 is 4.74 Å². The highest BCUT2D eigenvalue weighted by Crippen LogP contribution is 2.49. The number of fused-ring (bicyclic) bond motifs is 1. The highest BCUT2D eigenvalue weighted by Gasteiger charge is 2.55. The first-order valence-corrected chi connectivity index (χ1v) is 8.83. The zero-order valence-corrected chi connectivity index (χ0v) is 14.6. The molecule has 1 aromatic heterocycles. The van der Waals surface area contributed by atoms with Gasteiger partial charge in [0.05, 0.1) is 11.0 Å². The lowest BCUT2D eigenvalue weighted by atomic mass is 9.80. The van der Waals surface area contributed by atoms with E-state index in [1.807, 2.05) is 4.90 Å². The first kappa shape index (κ1) is 16.6. The zero-order valence-electron chi connectivity index (χ0n) is 14.6. The maximum atomic E-state index is 12.7. The van der Waals surface area contributed by atoms with Gasteiger partial charge in [-0.1, -0.05) is 18.6 Å². The number of amides is 1. The first-order valence-electron chi connectivity index (χ1n) is 8.83. The summed E-state index contributed by atoms with van der Waals surface area (Å²) in [5.74, 6) is 1.91. The Kier molecular flexibility index (Phi) is 4.11. The molecule has 0 bridgehead atoms. The van der Waals surface area contributed by atoms with Crippen LogP contribution in [0.25, 0.3) is 0 Å². The van der Waals surface area contributed by atoms with Gasteiger partial charge in [0.25, 0.3) is 5.91 Å². The number of likely N-dealkylation sites (tertiary alicyclic amines) is 1. The van der Waals surface area contributed by atoms with E-state index >= 15 is 0 Å². The summed E-state index contributed by atoms with van der Waals surface area (Å²) in [6, 6.07) is 9.00. The Hall–Kier alpha value is -2.88. The van der Waals surface area contributed by atoms with Crippen LogP contribution in [0.4, 0.5) is 0 Å². The summed E-state index contributed by atoms with van der Waals surface area (Å²) < 4.78 is 11.3. The number of rotatable bonds is 4. The number of carbonyl (C=O) groups is 1. The van der Waals surface area contributed by atoms with Crippen molar-refractivity contribution in [2.45, 2.75) is 31.6 Å². The number of hydrogen-bond acceptors (Lipinski definition) is 6. The van der Waals surface area contributed by atoms with Gasteiger partial charge in [-0.05, 0) is 30.9 Å². The van der Waals surface area contributed by atoms with Crippen LogP contribution in [-0.4, -0.2) is 40.7 Å². The molecule has 1 aromatic carbocycles. The van der Waals surface area contributed by atoms with Gasteiger partial charge in [0.15, 0.2) is 6.61 Å². The quantitative estimate of drug-likeness (QED) is 0.838. The normalized spacial score (nSPS) is 24.3. The minimum absolute atomic E-state index is 0.0790. The third-order valence-corrected chi connectivity index (χ3v) is 5.53. The van der Waals surface area contributed by atoms with Gasteiger partial charge in [-0.25, -0.2) is 0 Å². The topological polar surface area (TPSA) is 92.3 Å². The average molecular weight is 352 g/mol. The van der Waals surface area contributed by atoms with E-state index in [1.165, 1.54) is 0 Å². The number of carbonyl (C=O) groups excluding carboxylic acids is 1. The number of benzene rings is 1. The van der Waals surface area contributed by atoms with Crippen LogP contribution in [0.5, 0.6) is 5.75 Å². The summed E-state index contributed by atoms with van der Waals surface area (Å²) in [7, 11) is 0. The molecule has 2 aliphatic rings. The standard InChI is InChI=1S/C19H20N4O3/c1-13-21-22-18(26-13)19-8-4-6-15(19)10-23(12-19)17(24)11-25-16-7-3-2-5-14(16)9-20/h2-3,5,7,15H,4,6,8,10-12H2,1H3/t15-,19-/m0/s1. The highest BCUT2D eigenvalue weighted by molar-refractivity contribution is 5.78. The Balaban J connectivity index is 1.46. The van der Waals surface area contributed by atoms with Crippen molar-refractivity contribution in [1.29, 1.82) is 5.26 Å². The summed E-state index contributed by atoms with van der Waals surface area (Å²) in [5, 5.41) is 17.3. The van der Waals surface area contributed by atoms with Crippen molar-refractivity contribution in [3.05, 3.63) is 41.6 Å². The van der Waals surface area contributed by atoms with E-state index in [4.69, 9.17) is 14.4 Å². The number of ether oxygens (including phenoxy) is 1. The fourth-order valence-electron chi connectivity index (χ4n) is 4.24. The number of aryl methyl sites for hydroxylation is 1. The van der Waals surface area contributed by atoms with Gasteiger partial charge in [-0.3, -0.25) is 4.79 Å². The number of nitrogens with zero attached hydrogens (tertiary/aromatic N) is 4.